The van der Waals surface area contributed by atoms with Crippen molar-refractivity contribution in [2.75, 3.05) is 12.4 Å². The zero-order valence-electron chi connectivity index (χ0n) is 8.80. The summed E-state index contributed by atoms with van der Waals surface area (Å²) < 4.78 is 22.6. The molecule has 0 bridgehead atoms. The standard InChI is InChI=1S/C7H9ClN2O/c8-4-7(11)10-3-1-2-6(10)5-9/h6H,1-4H2/t6-/m0/s1/i3D2,6D. The van der Waals surface area contributed by atoms with E-state index in [-0.39, 0.29) is 12.8 Å². The maximum Gasteiger partial charge on any atom is 0.238 e. The number of nitriles is 1. The van der Waals surface area contributed by atoms with E-state index >= 15 is 0 Å². The lowest BCUT2D eigenvalue weighted by atomic mass is 10.2. The van der Waals surface area contributed by atoms with Crippen molar-refractivity contribution in [3.63, 3.8) is 0 Å². The van der Waals surface area contributed by atoms with E-state index in [9.17, 15) is 4.79 Å². The molecule has 0 aliphatic carbocycles. The fourth-order valence-corrected chi connectivity index (χ4v) is 1.02. The predicted octanol–water partition coefficient (Wildman–Crippen LogP) is 0.740. The van der Waals surface area contributed by atoms with Gasteiger partial charge in [0.05, 0.1) is 7.44 Å². The molecule has 1 saturated heterocycles. The Labute approximate surface area is 74.8 Å². The molecule has 0 aromatic rings. The van der Waals surface area contributed by atoms with Crippen LogP contribution in [0.5, 0.6) is 0 Å². The Kier molecular flexibility index (Phi) is 1.63. The molecule has 0 radical (unpaired) electrons. The fraction of sp³-hybridized carbons (Fsp3) is 0.714. The lowest BCUT2D eigenvalue weighted by Gasteiger charge is -2.17. The third kappa shape index (κ3) is 1.63. The van der Waals surface area contributed by atoms with Crippen LogP contribution in [-0.4, -0.2) is 29.2 Å². The van der Waals surface area contributed by atoms with Crippen LogP contribution < -0.4 is 0 Å². The molecule has 1 amide bonds. The number of hydrogen-bond donors (Lipinski definition) is 0. The average Bonchev–Trinajstić information content (AvgIpc) is 2.38. The molecule has 3 nitrogen and oxygen atoms in total. The van der Waals surface area contributed by atoms with Crippen molar-refractivity contribution in [2.45, 2.75) is 18.9 Å². The number of halogens is 1. The predicted molar refractivity (Wildman–Crippen MR) is 41.1 cm³/mol. The number of carbonyl (C=O) groups is 1. The van der Waals surface area contributed by atoms with Crippen LogP contribution in [0.15, 0.2) is 0 Å². The van der Waals surface area contributed by atoms with Gasteiger partial charge in [-0.25, -0.2) is 0 Å². The topological polar surface area (TPSA) is 44.1 Å². The van der Waals surface area contributed by atoms with Crippen LogP contribution in [0.1, 0.15) is 17.0 Å². The first-order valence-electron chi connectivity index (χ1n) is 4.68. The minimum absolute atomic E-state index is 0.00725. The number of alkyl halides is 1. The van der Waals surface area contributed by atoms with E-state index in [2.05, 4.69) is 0 Å². The van der Waals surface area contributed by atoms with Gasteiger partial charge in [0.15, 0.2) is 0 Å². The SMILES string of the molecule is [2H]C1([2H])CC[C@@]([2H])(C#N)N1C(=O)CCl. The van der Waals surface area contributed by atoms with Gasteiger partial charge in [0.2, 0.25) is 5.91 Å². The summed E-state index contributed by atoms with van der Waals surface area (Å²) in [5.74, 6) is -1.13. The van der Waals surface area contributed by atoms with Gasteiger partial charge in [-0.2, -0.15) is 5.26 Å². The van der Waals surface area contributed by atoms with Gasteiger partial charge in [-0.15, -0.1) is 11.6 Å². The Hall–Kier alpha value is -0.750. The second kappa shape index (κ2) is 3.59. The second-order valence-corrected chi connectivity index (χ2v) is 2.35. The molecule has 0 aromatic carbocycles. The summed E-state index contributed by atoms with van der Waals surface area (Å²) in [6.07, 6.45) is 0.00577. The molecule has 0 unspecified atom stereocenters. The first kappa shape index (κ1) is 5.00. The smallest absolute Gasteiger partial charge is 0.238 e. The van der Waals surface area contributed by atoms with Crippen LogP contribution in [0.2, 0.25) is 0 Å². The summed E-state index contributed by atoms with van der Waals surface area (Å²) in [4.78, 5) is 11.9. The van der Waals surface area contributed by atoms with Crippen LogP contribution in [0.3, 0.4) is 0 Å². The van der Waals surface area contributed by atoms with Gasteiger partial charge in [0, 0.05) is 9.24 Å². The molecule has 0 spiro atoms. The molecule has 1 atom stereocenters. The summed E-state index contributed by atoms with van der Waals surface area (Å²) in [5.41, 5.74) is 0. The zero-order chi connectivity index (χ0) is 11.0. The highest BCUT2D eigenvalue weighted by atomic mass is 35.5. The molecule has 1 heterocycles. The molecule has 60 valence electrons. The molecule has 0 N–H and O–H groups in total. The summed E-state index contributed by atoms with van der Waals surface area (Å²) in [6, 6.07) is -0.176. The number of likely N-dealkylation sites (tertiary alicyclic amines) is 1. The maximum absolute atomic E-state index is 11.3. The van der Waals surface area contributed by atoms with E-state index in [1.54, 1.807) is 6.07 Å². The molecule has 0 saturated carbocycles. The van der Waals surface area contributed by atoms with Gasteiger partial charge in [-0.05, 0) is 12.8 Å². The number of nitrogens with zero attached hydrogens (tertiary/aromatic N) is 2. The molecule has 4 heteroatoms. The molecule has 1 fully saturated rings. The van der Waals surface area contributed by atoms with Crippen molar-refractivity contribution in [3.05, 3.63) is 0 Å². The molecular weight excluding hydrogens is 164 g/mol. The summed E-state index contributed by atoms with van der Waals surface area (Å²) >= 11 is 5.29. The normalized spacial score (nSPS) is 38.5. The highest BCUT2D eigenvalue weighted by Crippen LogP contribution is 2.16. The van der Waals surface area contributed by atoms with Crippen molar-refractivity contribution >= 4 is 17.5 Å². The summed E-state index contributed by atoms with van der Waals surface area (Å²) in [7, 11) is 0. The maximum atomic E-state index is 11.3. The van der Waals surface area contributed by atoms with Crippen molar-refractivity contribution in [1.29, 1.82) is 5.26 Å². The van der Waals surface area contributed by atoms with Gasteiger partial charge in [0.25, 0.3) is 0 Å². The number of hydrogen-bond acceptors (Lipinski definition) is 2. The van der Waals surface area contributed by atoms with Crippen molar-refractivity contribution < 1.29 is 8.91 Å². The van der Waals surface area contributed by atoms with E-state index in [0.29, 0.717) is 4.90 Å². The van der Waals surface area contributed by atoms with E-state index in [0.717, 1.165) is 0 Å². The molecule has 11 heavy (non-hydrogen) atoms. The third-order valence-corrected chi connectivity index (χ3v) is 1.62. The first-order chi connectivity index (χ1) is 6.37. The lowest BCUT2D eigenvalue weighted by Crippen LogP contribution is -2.35. The summed E-state index contributed by atoms with van der Waals surface area (Å²) in [6.45, 7) is -1.94. The van der Waals surface area contributed by atoms with Gasteiger partial charge < -0.3 is 4.90 Å². The first-order valence-corrected chi connectivity index (χ1v) is 3.71. The van der Waals surface area contributed by atoms with Crippen molar-refractivity contribution in [2.24, 2.45) is 0 Å². The zero-order valence-corrected chi connectivity index (χ0v) is 6.56. The quantitative estimate of drug-likeness (QED) is 0.552. The largest absolute Gasteiger partial charge is 0.326 e. The van der Waals surface area contributed by atoms with Crippen molar-refractivity contribution in [1.82, 2.24) is 4.90 Å². The van der Waals surface area contributed by atoms with E-state index in [1.807, 2.05) is 0 Å². The van der Waals surface area contributed by atoms with Crippen LogP contribution in [-0.2, 0) is 4.79 Å². The highest BCUT2D eigenvalue weighted by molar-refractivity contribution is 6.27. The molecule has 0 aromatic heterocycles. The molecular formula is C7H9ClN2O. The Balaban J connectivity index is 3.06. The Morgan fingerprint density at radius 2 is 2.82 bits per heavy atom. The fourth-order valence-electron chi connectivity index (χ4n) is 0.898. The van der Waals surface area contributed by atoms with E-state index in [4.69, 9.17) is 21.0 Å². The second-order valence-electron chi connectivity index (χ2n) is 2.08. The Morgan fingerprint density at radius 3 is 3.36 bits per heavy atom. The van der Waals surface area contributed by atoms with Crippen molar-refractivity contribution in [3.8, 4) is 6.07 Å². The lowest BCUT2D eigenvalue weighted by molar-refractivity contribution is -0.128. The number of carbonyl (C=O) groups excluding carboxylic acids is 1. The number of amides is 1. The van der Waals surface area contributed by atoms with E-state index in [1.165, 1.54) is 0 Å². The van der Waals surface area contributed by atoms with Gasteiger partial charge in [0.1, 0.15) is 11.9 Å². The van der Waals surface area contributed by atoms with Gasteiger partial charge in [-0.1, -0.05) is 0 Å². The number of rotatable bonds is 1. The van der Waals surface area contributed by atoms with Crippen LogP contribution in [0, 0.1) is 11.3 Å². The highest BCUT2D eigenvalue weighted by Gasteiger charge is 2.27. The minimum Gasteiger partial charge on any atom is -0.326 e. The Bertz CT molecular complexity index is 304. The van der Waals surface area contributed by atoms with E-state index < -0.39 is 24.3 Å². The minimum atomic E-state index is -1.94. The summed E-state index contributed by atoms with van der Waals surface area (Å²) in [5, 5.41) is 8.73. The van der Waals surface area contributed by atoms with Gasteiger partial charge >= 0.3 is 0 Å². The molecule has 1 rings (SSSR count). The average molecular weight is 176 g/mol. The van der Waals surface area contributed by atoms with Crippen LogP contribution >= 0.6 is 11.6 Å². The van der Waals surface area contributed by atoms with Crippen LogP contribution in [0.25, 0.3) is 0 Å². The molecule has 1 aliphatic heterocycles. The third-order valence-electron chi connectivity index (χ3n) is 1.39. The van der Waals surface area contributed by atoms with Crippen LogP contribution in [0.4, 0.5) is 0 Å². The van der Waals surface area contributed by atoms with Gasteiger partial charge in [-0.3, -0.25) is 4.79 Å². The Morgan fingerprint density at radius 1 is 2.09 bits per heavy atom. The monoisotopic (exact) mass is 175 g/mol. The molecule has 1 aliphatic rings.